The molecule has 2 aromatic carbocycles. The molecule has 0 fully saturated rings. The average molecular weight is 388 g/mol. The third kappa shape index (κ3) is 4.70. The van der Waals surface area contributed by atoms with E-state index in [1.165, 1.54) is 0 Å². The molecule has 0 radical (unpaired) electrons. The van der Waals surface area contributed by atoms with Gasteiger partial charge in [-0.3, -0.25) is 0 Å². The first-order valence-electron chi connectivity index (χ1n) is 8.60. The van der Waals surface area contributed by atoms with Gasteiger partial charge in [-0.15, -0.1) is 0 Å². The Morgan fingerprint density at radius 3 is 2.39 bits per heavy atom. The molecule has 0 amide bonds. The highest BCUT2D eigenvalue weighted by Gasteiger charge is 2.35. The largest absolute Gasteiger partial charge is 0.497 e. The van der Waals surface area contributed by atoms with Crippen molar-refractivity contribution >= 4 is 23.1 Å². The van der Waals surface area contributed by atoms with Gasteiger partial charge in [0.1, 0.15) is 17.1 Å². The Balaban J connectivity index is 1.91. The molecule has 3 aromatic rings. The summed E-state index contributed by atoms with van der Waals surface area (Å²) >= 11 is 0. The molecule has 0 saturated carbocycles. The van der Waals surface area contributed by atoms with Crippen LogP contribution in [0.25, 0.3) is 0 Å². The van der Waals surface area contributed by atoms with Gasteiger partial charge in [0.2, 0.25) is 5.95 Å². The first kappa shape index (κ1) is 19.5. The van der Waals surface area contributed by atoms with E-state index in [0.717, 1.165) is 18.2 Å². The minimum atomic E-state index is -4.58. The van der Waals surface area contributed by atoms with E-state index in [2.05, 4.69) is 20.6 Å². The maximum absolute atomic E-state index is 13.4. The molecule has 0 aliphatic rings. The molecule has 28 heavy (non-hydrogen) atoms. The maximum Gasteiger partial charge on any atom is 0.421 e. The number of benzene rings is 2. The lowest BCUT2D eigenvalue weighted by molar-refractivity contribution is -0.137. The number of rotatable bonds is 6. The van der Waals surface area contributed by atoms with Crippen LogP contribution in [0.2, 0.25) is 0 Å². The van der Waals surface area contributed by atoms with Crippen LogP contribution >= 0.6 is 0 Å². The maximum atomic E-state index is 13.4. The zero-order valence-electron chi connectivity index (χ0n) is 15.3. The van der Waals surface area contributed by atoms with E-state index in [0.29, 0.717) is 17.1 Å². The van der Waals surface area contributed by atoms with Gasteiger partial charge in [-0.05, 0) is 48.4 Å². The summed E-state index contributed by atoms with van der Waals surface area (Å²) in [7, 11) is 1.55. The number of alkyl halides is 3. The van der Waals surface area contributed by atoms with Crippen molar-refractivity contribution in [1.29, 1.82) is 0 Å². The summed E-state index contributed by atoms with van der Waals surface area (Å²) in [5.41, 5.74) is 1.22. The molecule has 1 aromatic heterocycles. The van der Waals surface area contributed by atoms with E-state index in [1.807, 2.05) is 13.0 Å². The topological polar surface area (TPSA) is 59.1 Å². The Morgan fingerprint density at radius 1 is 1.00 bits per heavy atom. The molecule has 0 atom stereocenters. The van der Waals surface area contributed by atoms with E-state index in [-0.39, 0.29) is 11.8 Å². The molecule has 0 bridgehead atoms. The minimum absolute atomic E-state index is 0.0484. The summed E-state index contributed by atoms with van der Waals surface area (Å²) in [6, 6.07) is 14.1. The van der Waals surface area contributed by atoms with Crippen molar-refractivity contribution in [3.05, 3.63) is 65.9 Å². The summed E-state index contributed by atoms with van der Waals surface area (Å²) in [6.45, 7) is 1.97. The molecular formula is C20H19F3N4O. The highest BCUT2D eigenvalue weighted by Crippen LogP contribution is 2.35. The van der Waals surface area contributed by atoms with Crippen LogP contribution in [0, 0.1) is 0 Å². The van der Waals surface area contributed by atoms with Gasteiger partial charge >= 0.3 is 6.18 Å². The van der Waals surface area contributed by atoms with Crippen molar-refractivity contribution in [3.63, 3.8) is 0 Å². The zero-order valence-corrected chi connectivity index (χ0v) is 15.3. The lowest BCUT2D eigenvalue weighted by Crippen LogP contribution is -2.12. The molecule has 8 heteroatoms. The van der Waals surface area contributed by atoms with Crippen LogP contribution < -0.4 is 15.4 Å². The average Bonchev–Trinajstić information content (AvgIpc) is 2.68. The van der Waals surface area contributed by atoms with Gasteiger partial charge in [-0.2, -0.15) is 18.2 Å². The van der Waals surface area contributed by atoms with Crippen molar-refractivity contribution < 1.29 is 17.9 Å². The van der Waals surface area contributed by atoms with Crippen molar-refractivity contribution in [2.45, 2.75) is 19.5 Å². The Kier molecular flexibility index (Phi) is 5.67. The van der Waals surface area contributed by atoms with Gasteiger partial charge in [-0.1, -0.05) is 19.1 Å². The molecule has 0 unspecified atom stereocenters. The predicted octanol–water partition coefficient (Wildman–Crippen LogP) is 5.55. The Morgan fingerprint density at radius 2 is 1.75 bits per heavy atom. The fourth-order valence-electron chi connectivity index (χ4n) is 2.55. The molecule has 1 heterocycles. The highest BCUT2D eigenvalue weighted by atomic mass is 19.4. The number of aromatic nitrogens is 2. The number of hydrogen-bond acceptors (Lipinski definition) is 5. The van der Waals surface area contributed by atoms with Crippen LogP contribution in [0.3, 0.4) is 0 Å². The van der Waals surface area contributed by atoms with Crippen LogP contribution in [-0.2, 0) is 12.6 Å². The Labute approximate surface area is 160 Å². The lowest BCUT2D eigenvalue weighted by atomic mass is 10.1. The molecule has 0 saturated heterocycles. The SMILES string of the molecule is CCc1cccc(Nc2nc(Nc3ccc(OC)cc3)ncc2C(F)(F)F)c1. The van der Waals surface area contributed by atoms with Crippen LogP contribution in [-0.4, -0.2) is 17.1 Å². The number of anilines is 4. The van der Waals surface area contributed by atoms with Gasteiger partial charge in [0, 0.05) is 17.6 Å². The number of aryl methyl sites for hydroxylation is 1. The fraction of sp³-hybridized carbons (Fsp3) is 0.200. The number of ether oxygens (including phenoxy) is 1. The summed E-state index contributed by atoms with van der Waals surface area (Å²) in [5, 5.41) is 5.66. The van der Waals surface area contributed by atoms with Crippen molar-refractivity contribution in [3.8, 4) is 5.75 Å². The molecule has 2 N–H and O–H groups in total. The third-order valence-corrected chi connectivity index (χ3v) is 4.04. The van der Waals surface area contributed by atoms with Gasteiger partial charge in [0.25, 0.3) is 0 Å². The first-order chi connectivity index (χ1) is 13.4. The van der Waals surface area contributed by atoms with Crippen LogP contribution in [0.5, 0.6) is 5.75 Å². The molecule has 3 rings (SSSR count). The van der Waals surface area contributed by atoms with Crippen molar-refractivity contribution in [1.82, 2.24) is 9.97 Å². The summed E-state index contributed by atoms with van der Waals surface area (Å²) in [5.74, 6) is 0.399. The number of nitrogens with one attached hydrogen (secondary N) is 2. The second-order valence-electron chi connectivity index (χ2n) is 5.99. The number of halogens is 3. The van der Waals surface area contributed by atoms with Crippen LogP contribution in [0.4, 0.5) is 36.3 Å². The van der Waals surface area contributed by atoms with Crippen molar-refractivity contribution in [2.75, 3.05) is 17.7 Å². The molecule has 0 aliphatic heterocycles. The first-order valence-corrected chi connectivity index (χ1v) is 8.60. The van der Waals surface area contributed by atoms with Crippen LogP contribution in [0.1, 0.15) is 18.1 Å². The summed E-state index contributed by atoms with van der Waals surface area (Å²) in [6.07, 6.45) is -3.04. The van der Waals surface area contributed by atoms with Gasteiger partial charge in [-0.25, -0.2) is 4.98 Å². The quantitative estimate of drug-likeness (QED) is 0.579. The zero-order chi connectivity index (χ0) is 20.1. The number of hydrogen-bond donors (Lipinski definition) is 2. The van der Waals surface area contributed by atoms with E-state index in [9.17, 15) is 13.2 Å². The van der Waals surface area contributed by atoms with E-state index >= 15 is 0 Å². The summed E-state index contributed by atoms with van der Waals surface area (Å²) in [4.78, 5) is 7.85. The van der Waals surface area contributed by atoms with Gasteiger partial charge in [0.15, 0.2) is 0 Å². The van der Waals surface area contributed by atoms with Gasteiger partial charge in [0.05, 0.1) is 7.11 Å². The molecule has 5 nitrogen and oxygen atoms in total. The highest BCUT2D eigenvalue weighted by molar-refractivity contribution is 5.63. The van der Waals surface area contributed by atoms with Crippen LogP contribution in [0.15, 0.2) is 54.7 Å². The summed E-state index contributed by atoms with van der Waals surface area (Å²) < 4.78 is 45.2. The minimum Gasteiger partial charge on any atom is -0.497 e. The predicted molar refractivity (Wildman–Crippen MR) is 102 cm³/mol. The van der Waals surface area contributed by atoms with E-state index in [1.54, 1.807) is 49.6 Å². The second-order valence-corrected chi connectivity index (χ2v) is 5.99. The van der Waals surface area contributed by atoms with E-state index < -0.39 is 11.7 Å². The number of methoxy groups -OCH3 is 1. The lowest BCUT2D eigenvalue weighted by Gasteiger charge is -2.15. The normalized spacial score (nSPS) is 11.2. The molecular weight excluding hydrogens is 369 g/mol. The van der Waals surface area contributed by atoms with Crippen molar-refractivity contribution in [2.24, 2.45) is 0 Å². The molecule has 0 spiro atoms. The second kappa shape index (κ2) is 8.16. The monoisotopic (exact) mass is 388 g/mol. The third-order valence-electron chi connectivity index (χ3n) is 4.04. The number of nitrogens with zero attached hydrogens (tertiary/aromatic N) is 2. The Hall–Kier alpha value is -3.29. The molecule has 0 aliphatic carbocycles. The Bertz CT molecular complexity index is 943. The van der Waals surface area contributed by atoms with E-state index in [4.69, 9.17) is 4.74 Å². The van der Waals surface area contributed by atoms with Gasteiger partial charge < -0.3 is 15.4 Å². The standard InChI is InChI=1S/C20H19F3N4O/c1-3-13-5-4-6-15(11-13)25-18-17(20(21,22)23)12-24-19(27-18)26-14-7-9-16(28-2)10-8-14/h4-12H,3H2,1-2H3,(H2,24,25,26,27). The molecule has 146 valence electrons. The smallest absolute Gasteiger partial charge is 0.421 e. The fourth-order valence-corrected chi connectivity index (χ4v) is 2.55.